The zero-order valence-electron chi connectivity index (χ0n) is 10.2. The predicted octanol–water partition coefficient (Wildman–Crippen LogP) is 5.09. The maximum Gasteiger partial charge on any atom is -0.0548 e. The molecule has 2 rings (SSSR count). The SMILES string of the molecule is C1=CC[N-]C(C2CCCC[N-]2)=C1.[Cl][Sn]([Cl])[Cl].[N-]=C=S. The third kappa shape index (κ3) is 12.2. The van der Waals surface area contributed by atoms with Gasteiger partial charge >= 0.3 is 43.1 Å². The molecular formula is C11H14Cl3N3SSn-3. The molecule has 8 heteroatoms. The molecule has 1 fully saturated rings. The van der Waals surface area contributed by atoms with E-state index in [1.165, 1.54) is 30.1 Å². The molecule has 3 nitrogen and oxygen atoms in total. The van der Waals surface area contributed by atoms with Crippen LogP contribution in [0, 0.1) is 0 Å². The summed E-state index contributed by atoms with van der Waals surface area (Å²) in [6.45, 7) is 1.87. The molecule has 1 radical (unpaired) electrons. The first kappa shape index (κ1) is 19.7. The summed E-state index contributed by atoms with van der Waals surface area (Å²) in [6, 6.07) is 0.406. The Kier molecular flexibility index (Phi) is 14.2. The maximum atomic E-state index is 7.13. The molecule has 1 atom stereocenters. The zero-order valence-corrected chi connectivity index (χ0v) is 16.2. The number of hydrogen-bond acceptors (Lipinski definition) is 1. The molecule has 0 saturated carbocycles. The molecule has 0 aromatic rings. The van der Waals surface area contributed by atoms with Crippen LogP contribution in [0.1, 0.15) is 19.3 Å². The van der Waals surface area contributed by atoms with Crippen molar-refractivity contribution in [3.63, 3.8) is 0 Å². The molecule has 1 unspecified atom stereocenters. The maximum absolute atomic E-state index is 7.13. The van der Waals surface area contributed by atoms with Gasteiger partial charge in [-0.2, -0.15) is 10.9 Å². The normalized spacial score (nSPS) is 20.8. The summed E-state index contributed by atoms with van der Waals surface area (Å²) < 4.78 is 0. The Bertz CT molecular complexity index is 322. The van der Waals surface area contributed by atoms with Gasteiger partial charge in [-0.05, 0) is 0 Å². The molecular weight excluding hydrogens is 431 g/mol. The van der Waals surface area contributed by atoms with Gasteiger partial charge in [0.05, 0.1) is 0 Å². The molecule has 2 heterocycles. The zero-order chi connectivity index (χ0) is 14.5. The van der Waals surface area contributed by atoms with Crippen molar-refractivity contribution in [2.45, 2.75) is 25.3 Å². The van der Waals surface area contributed by atoms with Crippen LogP contribution in [0.5, 0.6) is 0 Å². The van der Waals surface area contributed by atoms with E-state index in [4.69, 9.17) is 32.2 Å². The van der Waals surface area contributed by atoms with Crippen molar-refractivity contribution in [2.24, 2.45) is 0 Å². The first-order valence-electron chi connectivity index (χ1n) is 5.67. The number of isothiocyanates is 1. The van der Waals surface area contributed by atoms with E-state index in [1.807, 2.05) is 0 Å². The van der Waals surface area contributed by atoms with E-state index in [2.05, 4.69) is 41.1 Å². The second-order valence-corrected chi connectivity index (χ2v) is 16.5. The summed E-state index contributed by atoms with van der Waals surface area (Å²) in [6.07, 6.45) is 10.0. The Labute approximate surface area is 138 Å². The van der Waals surface area contributed by atoms with Gasteiger partial charge in [0.25, 0.3) is 0 Å². The number of thiocarbonyl (C=S) groups is 1. The number of hydrogen-bond donors (Lipinski definition) is 0. The number of nitrogens with zero attached hydrogens (tertiary/aromatic N) is 3. The molecule has 0 aromatic carbocycles. The molecule has 0 aromatic heterocycles. The Morgan fingerprint density at radius 1 is 1.37 bits per heavy atom. The van der Waals surface area contributed by atoms with Crippen LogP contribution in [-0.4, -0.2) is 40.7 Å². The minimum atomic E-state index is -2.13. The fraction of sp³-hybridized carbons (Fsp3) is 0.545. The van der Waals surface area contributed by atoms with Gasteiger partial charge in [0.1, 0.15) is 0 Å². The quantitative estimate of drug-likeness (QED) is 0.315. The van der Waals surface area contributed by atoms with E-state index in [-0.39, 0.29) is 0 Å². The molecule has 2 aliphatic heterocycles. The monoisotopic (exact) mass is 445 g/mol. The summed E-state index contributed by atoms with van der Waals surface area (Å²) in [7, 11) is 15.0. The van der Waals surface area contributed by atoms with Gasteiger partial charge in [0.15, 0.2) is 0 Å². The topological polar surface area (TPSA) is 50.5 Å². The molecule has 0 amide bonds. The Morgan fingerprint density at radius 3 is 2.42 bits per heavy atom. The van der Waals surface area contributed by atoms with Crippen molar-refractivity contribution in [3.05, 3.63) is 40.0 Å². The van der Waals surface area contributed by atoms with Gasteiger partial charge < -0.3 is 16.0 Å². The van der Waals surface area contributed by atoms with E-state index in [0.717, 1.165) is 13.1 Å². The average Bonchev–Trinajstić information content (AvgIpc) is 2.41. The van der Waals surface area contributed by atoms with Crippen LogP contribution in [0.3, 0.4) is 0 Å². The third-order valence-electron chi connectivity index (χ3n) is 2.36. The van der Waals surface area contributed by atoms with E-state index in [9.17, 15) is 0 Å². The Balaban J connectivity index is 0.000000393. The molecule has 1 saturated heterocycles. The van der Waals surface area contributed by atoms with Crippen LogP contribution in [0.25, 0.3) is 16.0 Å². The summed E-state index contributed by atoms with van der Waals surface area (Å²) in [5.74, 6) is 0. The summed E-state index contributed by atoms with van der Waals surface area (Å²) in [4.78, 5) is 0. The number of piperidine rings is 1. The number of rotatable bonds is 1. The predicted molar refractivity (Wildman–Crippen MR) is 90.6 cm³/mol. The summed E-state index contributed by atoms with van der Waals surface area (Å²) >= 11 is 1.57. The minimum absolute atomic E-state index is 0.406. The van der Waals surface area contributed by atoms with Crippen molar-refractivity contribution in [2.75, 3.05) is 13.1 Å². The molecule has 2 aliphatic rings. The first-order chi connectivity index (χ1) is 9.11. The first-order valence-corrected chi connectivity index (χ1v) is 16.9. The minimum Gasteiger partial charge on any atom is -0.753 e. The van der Waals surface area contributed by atoms with Crippen LogP contribution < -0.4 is 0 Å². The smallest absolute Gasteiger partial charge is 0.0548 e. The van der Waals surface area contributed by atoms with E-state index >= 15 is 0 Å². The van der Waals surface area contributed by atoms with E-state index in [1.54, 1.807) is 0 Å². The summed E-state index contributed by atoms with van der Waals surface area (Å²) in [5, 5.41) is 17.5. The fourth-order valence-corrected chi connectivity index (χ4v) is 1.68. The van der Waals surface area contributed by atoms with Crippen molar-refractivity contribution in [1.82, 2.24) is 0 Å². The fourth-order valence-electron chi connectivity index (χ4n) is 1.68. The van der Waals surface area contributed by atoms with Gasteiger partial charge in [-0.1, -0.05) is 43.6 Å². The number of allylic oxidation sites excluding steroid dienone is 2. The van der Waals surface area contributed by atoms with Crippen LogP contribution in [0.4, 0.5) is 0 Å². The van der Waals surface area contributed by atoms with Crippen LogP contribution in [0.2, 0.25) is 0 Å². The molecule has 0 bridgehead atoms. The van der Waals surface area contributed by atoms with Crippen LogP contribution >= 0.6 is 39.0 Å². The molecule has 19 heavy (non-hydrogen) atoms. The van der Waals surface area contributed by atoms with Gasteiger partial charge in [0, 0.05) is 0 Å². The van der Waals surface area contributed by atoms with Crippen molar-refractivity contribution < 1.29 is 0 Å². The Morgan fingerprint density at radius 2 is 2.00 bits per heavy atom. The van der Waals surface area contributed by atoms with E-state index in [0.29, 0.717) is 6.04 Å². The Hall–Kier alpha value is 0.709. The molecule has 0 aliphatic carbocycles. The van der Waals surface area contributed by atoms with Gasteiger partial charge in [-0.15, -0.1) is 25.2 Å². The second kappa shape index (κ2) is 13.7. The largest absolute Gasteiger partial charge is 0.753 e. The van der Waals surface area contributed by atoms with Crippen molar-refractivity contribution >= 4 is 60.5 Å². The van der Waals surface area contributed by atoms with Crippen LogP contribution in [-0.2, 0) is 0 Å². The van der Waals surface area contributed by atoms with Gasteiger partial charge in [-0.25, -0.2) is 0 Å². The average molecular weight is 445 g/mol. The summed E-state index contributed by atoms with van der Waals surface area (Å²) in [5.41, 5.74) is 1.19. The second-order valence-electron chi connectivity index (χ2n) is 3.58. The van der Waals surface area contributed by atoms with Crippen LogP contribution in [0.15, 0.2) is 23.9 Å². The van der Waals surface area contributed by atoms with Gasteiger partial charge in [-0.3, -0.25) is 0 Å². The number of halogens is 3. The third-order valence-corrected chi connectivity index (χ3v) is 2.36. The molecule has 107 valence electrons. The van der Waals surface area contributed by atoms with E-state index < -0.39 is 16.4 Å². The van der Waals surface area contributed by atoms with Gasteiger partial charge in [0.2, 0.25) is 0 Å². The van der Waals surface area contributed by atoms with Crippen molar-refractivity contribution in [1.29, 1.82) is 0 Å². The molecule has 0 spiro atoms. The molecule has 0 N–H and O–H groups in total. The standard InChI is InChI=1S/C10H14N2.CNS.3ClH.Sn/c1-3-7-11-9(5-1)10-6-2-4-8-12-10;2-1-3;;;;/h1,3,5,10H,2,4,6-8H2;;3*1H;/q-2;-1;;;;+3/p-3. The van der Waals surface area contributed by atoms with Crippen molar-refractivity contribution in [3.8, 4) is 0 Å².